The molecule has 0 aromatic carbocycles. The quantitative estimate of drug-likeness (QED) is 0.781. The first-order chi connectivity index (χ1) is 9.20. The molecule has 0 radical (unpaired) electrons. The van der Waals surface area contributed by atoms with Gasteiger partial charge in [0, 0.05) is 12.6 Å². The molecule has 3 unspecified atom stereocenters. The van der Waals surface area contributed by atoms with Crippen molar-refractivity contribution in [3.05, 3.63) is 0 Å². The van der Waals surface area contributed by atoms with E-state index in [0.717, 1.165) is 18.4 Å². The SMILES string of the molecule is CCOC1(C(CC2CCCC2)NC)CCCC(C)C1. The number of hydrogen-bond donors (Lipinski definition) is 1. The minimum atomic E-state index is 0.115. The lowest BCUT2D eigenvalue weighted by Crippen LogP contribution is -2.54. The third-order valence-electron chi connectivity index (χ3n) is 5.45. The van der Waals surface area contributed by atoms with E-state index in [1.165, 1.54) is 57.8 Å². The van der Waals surface area contributed by atoms with Crippen LogP contribution in [-0.2, 0) is 4.74 Å². The van der Waals surface area contributed by atoms with Crippen molar-refractivity contribution in [2.45, 2.75) is 83.3 Å². The van der Waals surface area contributed by atoms with Crippen molar-refractivity contribution < 1.29 is 4.74 Å². The van der Waals surface area contributed by atoms with Crippen molar-refractivity contribution >= 4 is 0 Å². The molecule has 0 amide bonds. The van der Waals surface area contributed by atoms with Crippen LogP contribution in [0.2, 0.25) is 0 Å². The minimum absolute atomic E-state index is 0.115. The zero-order valence-electron chi connectivity index (χ0n) is 13.2. The van der Waals surface area contributed by atoms with E-state index in [2.05, 4.69) is 26.2 Å². The van der Waals surface area contributed by atoms with Crippen LogP contribution >= 0.6 is 0 Å². The predicted molar refractivity (Wildman–Crippen MR) is 81.4 cm³/mol. The number of rotatable bonds is 6. The van der Waals surface area contributed by atoms with Gasteiger partial charge in [0.05, 0.1) is 5.60 Å². The van der Waals surface area contributed by atoms with Gasteiger partial charge in [0.2, 0.25) is 0 Å². The molecule has 0 aromatic rings. The summed E-state index contributed by atoms with van der Waals surface area (Å²) in [6, 6.07) is 0.554. The molecule has 0 bridgehead atoms. The van der Waals surface area contributed by atoms with Crippen molar-refractivity contribution in [3.63, 3.8) is 0 Å². The van der Waals surface area contributed by atoms with Gasteiger partial charge < -0.3 is 10.1 Å². The van der Waals surface area contributed by atoms with Gasteiger partial charge in [-0.15, -0.1) is 0 Å². The van der Waals surface area contributed by atoms with E-state index in [0.29, 0.717) is 6.04 Å². The van der Waals surface area contributed by atoms with Crippen LogP contribution in [0.15, 0.2) is 0 Å². The van der Waals surface area contributed by atoms with Crippen molar-refractivity contribution in [1.29, 1.82) is 0 Å². The number of hydrogen-bond acceptors (Lipinski definition) is 2. The molecule has 19 heavy (non-hydrogen) atoms. The molecular weight excluding hydrogens is 234 g/mol. The molecule has 1 N–H and O–H groups in total. The highest BCUT2D eigenvalue weighted by Gasteiger charge is 2.42. The highest BCUT2D eigenvalue weighted by Crippen LogP contribution is 2.41. The van der Waals surface area contributed by atoms with Crippen LogP contribution in [-0.4, -0.2) is 25.3 Å². The zero-order chi connectivity index (χ0) is 13.7. The van der Waals surface area contributed by atoms with Crippen molar-refractivity contribution in [3.8, 4) is 0 Å². The van der Waals surface area contributed by atoms with Gasteiger partial charge in [-0.3, -0.25) is 0 Å². The summed E-state index contributed by atoms with van der Waals surface area (Å²) in [6.45, 7) is 5.41. The molecule has 2 heteroatoms. The fourth-order valence-electron chi connectivity index (χ4n) is 4.55. The van der Waals surface area contributed by atoms with Gasteiger partial charge in [-0.25, -0.2) is 0 Å². The summed E-state index contributed by atoms with van der Waals surface area (Å²) in [5.41, 5.74) is 0.115. The first kappa shape index (κ1) is 15.3. The molecule has 0 aliphatic heterocycles. The predicted octanol–water partition coefficient (Wildman–Crippen LogP) is 4.14. The Morgan fingerprint density at radius 1 is 1.21 bits per heavy atom. The van der Waals surface area contributed by atoms with Crippen LogP contribution in [0.1, 0.15) is 71.6 Å². The number of likely N-dealkylation sites (N-methyl/N-ethyl adjacent to an activating group) is 1. The van der Waals surface area contributed by atoms with Gasteiger partial charge in [0.1, 0.15) is 0 Å². The molecule has 0 saturated heterocycles. The van der Waals surface area contributed by atoms with Gasteiger partial charge >= 0.3 is 0 Å². The second kappa shape index (κ2) is 7.08. The monoisotopic (exact) mass is 267 g/mol. The molecule has 112 valence electrons. The Kier molecular flexibility index (Phi) is 5.70. The highest BCUT2D eigenvalue weighted by atomic mass is 16.5. The van der Waals surface area contributed by atoms with E-state index in [9.17, 15) is 0 Å². The molecule has 2 aliphatic rings. The van der Waals surface area contributed by atoms with Crippen LogP contribution in [0, 0.1) is 11.8 Å². The maximum absolute atomic E-state index is 6.34. The average molecular weight is 267 g/mol. The lowest BCUT2D eigenvalue weighted by molar-refractivity contribution is -0.103. The lowest BCUT2D eigenvalue weighted by atomic mass is 9.72. The lowest BCUT2D eigenvalue weighted by Gasteiger charge is -2.46. The summed E-state index contributed by atoms with van der Waals surface area (Å²) in [7, 11) is 2.14. The second-order valence-electron chi connectivity index (χ2n) is 6.93. The molecule has 0 heterocycles. The standard InChI is InChI=1S/C17H33NO/c1-4-19-17(11-7-8-14(2)13-17)16(18-3)12-15-9-5-6-10-15/h14-16,18H,4-13H2,1-3H3. The molecule has 2 rings (SSSR count). The second-order valence-corrected chi connectivity index (χ2v) is 6.93. The number of nitrogens with one attached hydrogen (secondary N) is 1. The highest BCUT2D eigenvalue weighted by molar-refractivity contribution is 4.97. The summed E-state index contributed by atoms with van der Waals surface area (Å²) < 4.78 is 6.34. The van der Waals surface area contributed by atoms with Crippen molar-refractivity contribution in [1.82, 2.24) is 5.32 Å². The Balaban J connectivity index is 2.04. The molecule has 3 atom stereocenters. The Hall–Kier alpha value is -0.0800. The Bertz CT molecular complexity index is 258. The largest absolute Gasteiger partial charge is 0.374 e. The fourth-order valence-corrected chi connectivity index (χ4v) is 4.55. The summed E-state index contributed by atoms with van der Waals surface area (Å²) in [6.07, 6.45) is 12.3. The molecule has 2 fully saturated rings. The zero-order valence-corrected chi connectivity index (χ0v) is 13.2. The Morgan fingerprint density at radius 2 is 1.95 bits per heavy atom. The van der Waals surface area contributed by atoms with Crippen LogP contribution in [0.5, 0.6) is 0 Å². The maximum Gasteiger partial charge on any atom is 0.0837 e. The van der Waals surface area contributed by atoms with Gasteiger partial charge in [0.15, 0.2) is 0 Å². The molecule has 0 spiro atoms. The Labute approximate surface area is 119 Å². The molecule has 2 aliphatic carbocycles. The first-order valence-corrected chi connectivity index (χ1v) is 8.51. The molecule has 0 aromatic heterocycles. The van der Waals surface area contributed by atoms with Gasteiger partial charge in [-0.05, 0) is 45.1 Å². The molecular formula is C17H33NO. The van der Waals surface area contributed by atoms with Gasteiger partial charge in [-0.1, -0.05) is 45.4 Å². The number of ether oxygens (including phenoxy) is 1. The summed E-state index contributed by atoms with van der Waals surface area (Å²) in [4.78, 5) is 0. The van der Waals surface area contributed by atoms with Crippen LogP contribution in [0.4, 0.5) is 0 Å². The van der Waals surface area contributed by atoms with E-state index in [4.69, 9.17) is 4.74 Å². The summed E-state index contributed by atoms with van der Waals surface area (Å²) in [5, 5.41) is 3.62. The molecule has 2 nitrogen and oxygen atoms in total. The average Bonchev–Trinajstić information content (AvgIpc) is 2.89. The minimum Gasteiger partial charge on any atom is -0.374 e. The van der Waals surface area contributed by atoms with E-state index in [1.54, 1.807) is 0 Å². The van der Waals surface area contributed by atoms with Crippen LogP contribution < -0.4 is 5.32 Å². The Morgan fingerprint density at radius 3 is 2.53 bits per heavy atom. The summed E-state index contributed by atoms with van der Waals surface area (Å²) >= 11 is 0. The third-order valence-corrected chi connectivity index (χ3v) is 5.45. The van der Waals surface area contributed by atoms with Crippen LogP contribution in [0.3, 0.4) is 0 Å². The van der Waals surface area contributed by atoms with Gasteiger partial charge in [-0.2, -0.15) is 0 Å². The van der Waals surface area contributed by atoms with Gasteiger partial charge in [0.25, 0.3) is 0 Å². The first-order valence-electron chi connectivity index (χ1n) is 8.51. The fraction of sp³-hybridized carbons (Fsp3) is 1.00. The topological polar surface area (TPSA) is 21.3 Å². The van der Waals surface area contributed by atoms with Crippen LogP contribution in [0.25, 0.3) is 0 Å². The van der Waals surface area contributed by atoms with E-state index >= 15 is 0 Å². The third kappa shape index (κ3) is 3.72. The smallest absolute Gasteiger partial charge is 0.0837 e. The van der Waals surface area contributed by atoms with Crippen molar-refractivity contribution in [2.24, 2.45) is 11.8 Å². The maximum atomic E-state index is 6.34. The normalized spacial score (nSPS) is 34.6. The molecule has 2 saturated carbocycles. The van der Waals surface area contributed by atoms with E-state index in [-0.39, 0.29) is 5.60 Å². The summed E-state index contributed by atoms with van der Waals surface area (Å²) in [5.74, 6) is 1.76. The van der Waals surface area contributed by atoms with E-state index in [1.807, 2.05) is 0 Å². The van der Waals surface area contributed by atoms with Crippen molar-refractivity contribution in [2.75, 3.05) is 13.7 Å². The van der Waals surface area contributed by atoms with E-state index < -0.39 is 0 Å².